The third kappa shape index (κ3) is 4.87. The number of carbonyl (C=O) groups is 1. The van der Waals surface area contributed by atoms with Gasteiger partial charge in [0.25, 0.3) is 0 Å². The molecule has 0 atom stereocenters. The van der Waals surface area contributed by atoms with E-state index < -0.39 is 10.0 Å². The summed E-state index contributed by atoms with van der Waals surface area (Å²) in [6.07, 6.45) is 3.34. The van der Waals surface area contributed by atoms with Gasteiger partial charge in [-0.15, -0.1) is 0 Å². The zero-order valence-corrected chi connectivity index (χ0v) is 17.3. The Morgan fingerprint density at radius 3 is 2.52 bits per heavy atom. The number of hydrogen-bond acceptors (Lipinski definition) is 5. The van der Waals surface area contributed by atoms with E-state index in [1.807, 2.05) is 32.0 Å². The first-order valence-corrected chi connectivity index (χ1v) is 10.6. The second kappa shape index (κ2) is 8.54. The van der Waals surface area contributed by atoms with Gasteiger partial charge < -0.3 is 5.32 Å². The average molecular weight is 414 g/mol. The van der Waals surface area contributed by atoms with Crippen LogP contribution < -0.4 is 10.0 Å². The largest absolute Gasteiger partial charge is 0.309 e. The minimum absolute atomic E-state index is 0.0117. The summed E-state index contributed by atoms with van der Waals surface area (Å²) >= 11 is 0. The molecular weight excluding hydrogens is 390 g/mol. The fourth-order valence-electron chi connectivity index (χ4n) is 2.99. The van der Waals surface area contributed by atoms with Crippen molar-refractivity contribution in [3.63, 3.8) is 0 Å². The van der Waals surface area contributed by atoms with Gasteiger partial charge in [0.05, 0.1) is 10.6 Å². The number of aryl methyl sites for hydroxylation is 2. The van der Waals surface area contributed by atoms with Crippen molar-refractivity contribution < 1.29 is 13.2 Å². The molecule has 0 bridgehead atoms. The Morgan fingerprint density at radius 2 is 1.83 bits per heavy atom. The lowest BCUT2D eigenvalue weighted by molar-refractivity contribution is -0.116. The average Bonchev–Trinajstić information content (AvgIpc) is 3.02. The van der Waals surface area contributed by atoms with Gasteiger partial charge in [-0.2, -0.15) is 5.10 Å². The molecule has 0 radical (unpaired) electrons. The van der Waals surface area contributed by atoms with Crippen molar-refractivity contribution in [1.82, 2.24) is 19.9 Å². The molecule has 0 fully saturated rings. The minimum atomic E-state index is -3.67. The number of aromatic nitrogens is 3. The highest BCUT2D eigenvalue weighted by Crippen LogP contribution is 2.25. The van der Waals surface area contributed by atoms with Crippen LogP contribution in [-0.2, 0) is 14.8 Å². The van der Waals surface area contributed by atoms with Crippen molar-refractivity contribution in [2.24, 2.45) is 0 Å². The van der Waals surface area contributed by atoms with Gasteiger partial charge in [0, 0.05) is 36.5 Å². The van der Waals surface area contributed by atoms with Gasteiger partial charge in [0.1, 0.15) is 0 Å². The number of carbonyl (C=O) groups excluding carboxylic acids is 1. The van der Waals surface area contributed by atoms with Gasteiger partial charge in [0.2, 0.25) is 15.9 Å². The Hall–Kier alpha value is -3.04. The number of sulfonamides is 1. The molecule has 2 aromatic heterocycles. The molecule has 0 unspecified atom stereocenters. The number of aromatic amines is 1. The molecule has 0 aliphatic rings. The summed E-state index contributed by atoms with van der Waals surface area (Å²) in [6, 6.07) is 8.81. The van der Waals surface area contributed by atoms with Crippen LogP contribution in [0.1, 0.15) is 23.1 Å². The van der Waals surface area contributed by atoms with Crippen LogP contribution in [0.25, 0.3) is 11.3 Å². The summed E-state index contributed by atoms with van der Waals surface area (Å²) in [5.41, 5.74) is 4.14. The van der Waals surface area contributed by atoms with Gasteiger partial charge in [-0.3, -0.25) is 14.9 Å². The maximum atomic E-state index is 12.5. The van der Waals surface area contributed by atoms with E-state index in [1.54, 1.807) is 31.5 Å². The molecular formula is C20H23N5O3S. The van der Waals surface area contributed by atoms with Gasteiger partial charge >= 0.3 is 0 Å². The molecule has 3 aromatic rings. The van der Waals surface area contributed by atoms with Crippen LogP contribution in [0.2, 0.25) is 0 Å². The molecule has 2 heterocycles. The smallest absolute Gasteiger partial charge is 0.240 e. The standard InChI is InChI=1S/C20H23N5O3S/c1-13-4-5-17(14(2)12-13)29(27,28)22-11-8-18(26)23-20-15(3)19(24-25-20)16-6-9-21-10-7-16/h4-7,9-10,12,22H,8,11H2,1-3H3,(H2,23,24,25,26). The van der Waals surface area contributed by atoms with Crippen molar-refractivity contribution >= 4 is 21.7 Å². The van der Waals surface area contributed by atoms with Crippen LogP contribution in [0.5, 0.6) is 0 Å². The lowest BCUT2D eigenvalue weighted by Crippen LogP contribution is -2.28. The van der Waals surface area contributed by atoms with Crippen molar-refractivity contribution in [3.8, 4) is 11.3 Å². The van der Waals surface area contributed by atoms with E-state index in [0.29, 0.717) is 11.4 Å². The Morgan fingerprint density at radius 1 is 1.10 bits per heavy atom. The third-order valence-electron chi connectivity index (χ3n) is 4.50. The summed E-state index contributed by atoms with van der Waals surface area (Å²) < 4.78 is 27.4. The molecule has 0 saturated carbocycles. The molecule has 0 aliphatic heterocycles. The fraction of sp³-hybridized carbons (Fsp3) is 0.250. The van der Waals surface area contributed by atoms with Gasteiger partial charge in [0.15, 0.2) is 5.82 Å². The summed E-state index contributed by atoms with van der Waals surface area (Å²) in [5.74, 6) is 0.0863. The number of anilines is 1. The molecule has 1 amide bonds. The lowest BCUT2D eigenvalue weighted by Gasteiger charge is -2.10. The number of nitrogens with one attached hydrogen (secondary N) is 3. The Labute approximate surface area is 169 Å². The lowest BCUT2D eigenvalue weighted by atomic mass is 10.1. The number of H-pyrrole nitrogens is 1. The van der Waals surface area contributed by atoms with E-state index in [1.165, 1.54) is 0 Å². The molecule has 29 heavy (non-hydrogen) atoms. The van der Waals surface area contributed by atoms with E-state index >= 15 is 0 Å². The summed E-state index contributed by atoms with van der Waals surface area (Å²) in [6.45, 7) is 5.48. The molecule has 0 spiro atoms. The number of hydrogen-bond donors (Lipinski definition) is 3. The maximum Gasteiger partial charge on any atom is 0.240 e. The zero-order valence-electron chi connectivity index (χ0n) is 16.5. The highest BCUT2D eigenvalue weighted by atomic mass is 32.2. The van der Waals surface area contributed by atoms with Crippen LogP contribution >= 0.6 is 0 Å². The highest BCUT2D eigenvalue weighted by Gasteiger charge is 2.18. The van der Waals surface area contributed by atoms with E-state index in [4.69, 9.17) is 0 Å². The van der Waals surface area contributed by atoms with Crippen LogP contribution in [-0.4, -0.2) is 36.1 Å². The van der Waals surface area contributed by atoms with Crippen LogP contribution in [0.3, 0.4) is 0 Å². The minimum Gasteiger partial charge on any atom is -0.309 e. The van der Waals surface area contributed by atoms with E-state index in [2.05, 4.69) is 25.2 Å². The summed E-state index contributed by atoms with van der Waals surface area (Å²) in [5, 5.41) is 9.76. The first kappa shape index (κ1) is 20.7. The monoisotopic (exact) mass is 413 g/mol. The SMILES string of the molecule is Cc1ccc(S(=O)(=O)NCCC(=O)Nc2n[nH]c(-c3ccncc3)c2C)c(C)c1. The van der Waals surface area contributed by atoms with E-state index in [0.717, 1.165) is 22.4 Å². The predicted molar refractivity (Wildman–Crippen MR) is 111 cm³/mol. The molecule has 3 rings (SSSR count). The molecule has 1 aromatic carbocycles. The van der Waals surface area contributed by atoms with Crippen molar-refractivity contribution in [3.05, 3.63) is 59.4 Å². The number of rotatable bonds is 7. The second-order valence-electron chi connectivity index (χ2n) is 6.77. The van der Waals surface area contributed by atoms with Crippen molar-refractivity contribution in [2.45, 2.75) is 32.1 Å². The molecule has 8 nitrogen and oxygen atoms in total. The molecule has 9 heteroatoms. The third-order valence-corrected chi connectivity index (χ3v) is 6.12. The van der Waals surface area contributed by atoms with Crippen LogP contribution in [0, 0.1) is 20.8 Å². The zero-order chi connectivity index (χ0) is 21.0. The predicted octanol–water partition coefficient (Wildman–Crippen LogP) is 2.70. The first-order valence-electron chi connectivity index (χ1n) is 9.10. The molecule has 152 valence electrons. The normalized spacial score (nSPS) is 11.4. The first-order chi connectivity index (χ1) is 13.8. The second-order valence-corrected chi connectivity index (χ2v) is 8.51. The Balaban J connectivity index is 1.59. The Bertz CT molecular complexity index is 1120. The fourth-order valence-corrected chi connectivity index (χ4v) is 4.25. The molecule has 3 N–H and O–H groups in total. The Kier molecular flexibility index (Phi) is 6.09. The highest BCUT2D eigenvalue weighted by molar-refractivity contribution is 7.89. The van der Waals surface area contributed by atoms with Crippen LogP contribution in [0.15, 0.2) is 47.6 Å². The number of amides is 1. The van der Waals surface area contributed by atoms with E-state index in [-0.39, 0.29) is 23.8 Å². The molecule has 0 saturated heterocycles. The molecule has 0 aliphatic carbocycles. The number of pyridine rings is 1. The maximum absolute atomic E-state index is 12.5. The quantitative estimate of drug-likeness (QED) is 0.551. The number of benzene rings is 1. The van der Waals surface area contributed by atoms with Gasteiger partial charge in [-0.25, -0.2) is 13.1 Å². The van der Waals surface area contributed by atoms with Crippen molar-refractivity contribution in [2.75, 3.05) is 11.9 Å². The van der Waals surface area contributed by atoms with E-state index in [9.17, 15) is 13.2 Å². The topological polar surface area (TPSA) is 117 Å². The van der Waals surface area contributed by atoms with Gasteiger partial charge in [-0.05, 0) is 44.5 Å². The van der Waals surface area contributed by atoms with Gasteiger partial charge in [-0.1, -0.05) is 17.7 Å². The van der Waals surface area contributed by atoms with Crippen molar-refractivity contribution in [1.29, 1.82) is 0 Å². The summed E-state index contributed by atoms with van der Waals surface area (Å²) in [7, 11) is -3.67. The van der Waals surface area contributed by atoms with Crippen LogP contribution in [0.4, 0.5) is 5.82 Å². The summed E-state index contributed by atoms with van der Waals surface area (Å²) in [4.78, 5) is 16.4. The number of nitrogens with zero attached hydrogens (tertiary/aromatic N) is 2.